The van der Waals surface area contributed by atoms with Crippen molar-refractivity contribution in [2.45, 2.75) is 19.3 Å². The van der Waals surface area contributed by atoms with Crippen LogP contribution in [0.5, 0.6) is 0 Å². The first-order chi connectivity index (χ1) is 29.5. The Kier molecular flexibility index (Phi) is 7.63. The fourth-order valence-electron chi connectivity index (χ4n) is 10.8. The second-order valence-corrected chi connectivity index (χ2v) is 20.6. The van der Waals surface area contributed by atoms with Crippen LogP contribution in [0, 0.1) is 0 Å². The number of nitrogens with zero attached hydrogens (tertiary/aromatic N) is 2. The molecule has 3 heteroatoms. The lowest BCUT2D eigenvalue weighted by Gasteiger charge is -2.35. The first kappa shape index (κ1) is 34.8. The first-order valence-electron chi connectivity index (χ1n) is 21.0. The number of hydrogen-bond acceptors (Lipinski definition) is 0. The Morgan fingerprint density at radius 3 is 1.55 bits per heavy atom. The highest BCUT2D eigenvalue weighted by atomic mass is 28.3. The molecule has 60 heavy (non-hydrogen) atoms. The predicted molar refractivity (Wildman–Crippen MR) is 256 cm³/mol. The van der Waals surface area contributed by atoms with Gasteiger partial charge in [0.1, 0.15) is 0 Å². The van der Waals surface area contributed by atoms with Crippen molar-refractivity contribution in [2.75, 3.05) is 0 Å². The zero-order valence-corrected chi connectivity index (χ0v) is 34.7. The molecule has 0 aliphatic heterocycles. The van der Waals surface area contributed by atoms with E-state index in [1.165, 1.54) is 98.0 Å². The van der Waals surface area contributed by atoms with E-state index in [2.05, 4.69) is 241 Å². The maximum Gasteiger partial charge on any atom is 0.181 e. The Hall–Kier alpha value is -7.20. The molecule has 0 N–H and O–H groups in total. The molecule has 0 unspecified atom stereocenters. The van der Waals surface area contributed by atoms with Gasteiger partial charge in [-0.15, -0.1) is 0 Å². The lowest BCUT2D eigenvalue weighted by Crippen LogP contribution is -2.75. The summed E-state index contributed by atoms with van der Waals surface area (Å²) in [6, 6.07) is 82.0. The van der Waals surface area contributed by atoms with Crippen molar-refractivity contribution >= 4 is 72.4 Å². The number of aromatic nitrogens is 2. The summed E-state index contributed by atoms with van der Waals surface area (Å²) in [6.07, 6.45) is 0. The van der Waals surface area contributed by atoms with Crippen LogP contribution in [0.15, 0.2) is 218 Å². The molecule has 1 aliphatic carbocycles. The van der Waals surface area contributed by atoms with E-state index < -0.39 is 8.07 Å². The van der Waals surface area contributed by atoms with Crippen LogP contribution in [0.2, 0.25) is 0 Å². The third-order valence-corrected chi connectivity index (χ3v) is 18.3. The van der Waals surface area contributed by atoms with Gasteiger partial charge < -0.3 is 9.13 Å². The monoisotopic (exact) mass is 782 g/mol. The average molecular weight is 783 g/mol. The average Bonchev–Trinajstić information content (AvgIpc) is 3.90. The topological polar surface area (TPSA) is 9.86 Å². The van der Waals surface area contributed by atoms with Gasteiger partial charge in [-0.3, -0.25) is 0 Å². The van der Waals surface area contributed by atoms with Crippen LogP contribution in [0.3, 0.4) is 0 Å². The predicted octanol–water partition coefficient (Wildman–Crippen LogP) is 11.6. The van der Waals surface area contributed by atoms with Crippen LogP contribution in [0.4, 0.5) is 0 Å². The summed E-state index contributed by atoms with van der Waals surface area (Å²) >= 11 is 0. The molecule has 284 valence electrons. The lowest BCUT2D eigenvalue weighted by atomic mass is 9.82. The van der Waals surface area contributed by atoms with Gasteiger partial charge in [0.15, 0.2) is 8.07 Å². The standard InChI is InChI=1S/C57H42N2Si/c1-57(2)50-29-15-12-25-44(50)48-37-49-46-27-14-16-30-52(46)58(54(49)38-51(48)57)40-33-35-43(36-34-40)60(41-21-8-4-9-22-41,42-23-10-5-11-24-42)55-32-18-28-47-45-26-13-17-31-53(45)59(56(47)55)39-19-6-3-7-20-39/h3-38H,1-2H3. The van der Waals surface area contributed by atoms with Gasteiger partial charge in [0.25, 0.3) is 0 Å². The highest BCUT2D eigenvalue weighted by Crippen LogP contribution is 2.51. The Morgan fingerprint density at radius 2 is 0.867 bits per heavy atom. The van der Waals surface area contributed by atoms with Crippen molar-refractivity contribution in [3.05, 3.63) is 230 Å². The smallest absolute Gasteiger partial charge is 0.181 e. The number of para-hydroxylation sites is 4. The van der Waals surface area contributed by atoms with Gasteiger partial charge in [-0.05, 0) is 91.5 Å². The van der Waals surface area contributed by atoms with Crippen LogP contribution in [0.1, 0.15) is 25.0 Å². The van der Waals surface area contributed by atoms with Crippen molar-refractivity contribution in [1.82, 2.24) is 9.13 Å². The SMILES string of the molecule is CC1(C)c2ccccc2-c2cc3c4ccccc4n(-c4ccc([Si](c5ccccc5)(c5ccccc5)c5cccc6c7ccccc7n(-c7ccccc7)c56)cc4)c3cc21. The Bertz CT molecular complexity index is 3390. The van der Waals surface area contributed by atoms with Crippen LogP contribution >= 0.6 is 0 Å². The molecule has 0 radical (unpaired) electrons. The summed E-state index contributed by atoms with van der Waals surface area (Å²) in [5.74, 6) is 0. The van der Waals surface area contributed by atoms with Crippen molar-refractivity contribution in [3.8, 4) is 22.5 Å². The minimum atomic E-state index is -3.01. The molecule has 0 amide bonds. The van der Waals surface area contributed by atoms with Crippen LogP contribution < -0.4 is 20.7 Å². The molecule has 2 nitrogen and oxygen atoms in total. The van der Waals surface area contributed by atoms with E-state index >= 15 is 0 Å². The summed E-state index contributed by atoms with van der Waals surface area (Å²) in [5.41, 5.74) is 12.7. The van der Waals surface area contributed by atoms with E-state index in [1.807, 2.05) is 0 Å². The van der Waals surface area contributed by atoms with Crippen LogP contribution in [-0.4, -0.2) is 17.2 Å². The molecule has 0 saturated heterocycles. The molecule has 1 aliphatic rings. The van der Waals surface area contributed by atoms with Crippen molar-refractivity contribution in [2.24, 2.45) is 0 Å². The molecular weight excluding hydrogens is 741 g/mol. The maximum atomic E-state index is 2.51. The second kappa shape index (κ2) is 13.2. The Labute approximate surface area is 351 Å². The summed E-state index contributed by atoms with van der Waals surface area (Å²) < 4.78 is 5.01. The molecule has 0 atom stereocenters. The molecule has 2 aromatic heterocycles. The van der Waals surface area contributed by atoms with E-state index in [4.69, 9.17) is 0 Å². The van der Waals surface area contributed by atoms with E-state index in [1.54, 1.807) is 0 Å². The van der Waals surface area contributed by atoms with E-state index in [0.717, 1.165) is 0 Å². The molecule has 11 aromatic rings. The van der Waals surface area contributed by atoms with Crippen molar-refractivity contribution < 1.29 is 0 Å². The molecular formula is C57H42N2Si. The lowest BCUT2D eigenvalue weighted by molar-refractivity contribution is 0.661. The molecule has 9 aromatic carbocycles. The zero-order chi connectivity index (χ0) is 40.0. The fraction of sp³-hybridized carbons (Fsp3) is 0.0526. The number of fused-ring (bicyclic) bond motifs is 9. The van der Waals surface area contributed by atoms with E-state index in [-0.39, 0.29) is 5.41 Å². The largest absolute Gasteiger partial charge is 0.309 e. The van der Waals surface area contributed by atoms with Crippen LogP contribution in [0.25, 0.3) is 66.1 Å². The van der Waals surface area contributed by atoms with Gasteiger partial charge >= 0.3 is 0 Å². The molecule has 0 bridgehead atoms. The number of rotatable bonds is 6. The van der Waals surface area contributed by atoms with Gasteiger partial charge in [-0.2, -0.15) is 0 Å². The van der Waals surface area contributed by atoms with E-state index in [0.29, 0.717) is 0 Å². The fourth-order valence-corrected chi connectivity index (χ4v) is 15.7. The minimum absolute atomic E-state index is 0.0922. The molecule has 12 rings (SSSR count). The minimum Gasteiger partial charge on any atom is -0.309 e. The summed E-state index contributed by atoms with van der Waals surface area (Å²) in [6.45, 7) is 4.75. The molecule has 2 heterocycles. The Morgan fingerprint density at radius 1 is 0.350 bits per heavy atom. The summed E-state index contributed by atoms with van der Waals surface area (Å²) in [4.78, 5) is 0. The second-order valence-electron chi connectivity index (χ2n) is 16.9. The third-order valence-electron chi connectivity index (χ3n) is 13.5. The molecule has 0 saturated carbocycles. The zero-order valence-electron chi connectivity index (χ0n) is 33.7. The number of hydrogen-bond donors (Lipinski definition) is 0. The third kappa shape index (κ3) is 4.81. The molecule has 0 fully saturated rings. The van der Waals surface area contributed by atoms with Gasteiger partial charge in [0.05, 0.1) is 22.1 Å². The highest BCUT2D eigenvalue weighted by Gasteiger charge is 2.44. The van der Waals surface area contributed by atoms with Gasteiger partial charge in [-0.1, -0.05) is 184 Å². The first-order valence-corrected chi connectivity index (χ1v) is 23.0. The normalized spacial score (nSPS) is 13.3. The van der Waals surface area contributed by atoms with E-state index in [9.17, 15) is 0 Å². The Balaban J connectivity index is 1.15. The van der Waals surface area contributed by atoms with Gasteiger partial charge in [0.2, 0.25) is 0 Å². The highest BCUT2D eigenvalue weighted by molar-refractivity contribution is 7.20. The van der Waals surface area contributed by atoms with Crippen LogP contribution in [-0.2, 0) is 5.41 Å². The maximum absolute atomic E-state index is 3.01. The van der Waals surface area contributed by atoms with Gasteiger partial charge in [0, 0.05) is 38.3 Å². The quantitative estimate of drug-likeness (QED) is 0.117. The van der Waals surface area contributed by atoms with Gasteiger partial charge in [-0.25, -0.2) is 0 Å². The molecule has 0 spiro atoms. The van der Waals surface area contributed by atoms with Crippen molar-refractivity contribution in [3.63, 3.8) is 0 Å². The van der Waals surface area contributed by atoms with Crippen molar-refractivity contribution in [1.29, 1.82) is 0 Å². The summed E-state index contributed by atoms with van der Waals surface area (Å²) in [7, 11) is -3.01. The number of benzene rings is 9. The summed E-state index contributed by atoms with van der Waals surface area (Å²) in [5, 5.41) is 10.5.